The smallest absolute Gasteiger partial charge is 0.294 e. The van der Waals surface area contributed by atoms with Crippen LogP contribution in [0.25, 0.3) is 0 Å². The summed E-state index contributed by atoms with van der Waals surface area (Å²) >= 11 is 0. The van der Waals surface area contributed by atoms with Crippen molar-refractivity contribution in [2.75, 3.05) is 5.43 Å². The summed E-state index contributed by atoms with van der Waals surface area (Å²) in [6.07, 6.45) is -1.09. The summed E-state index contributed by atoms with van der Waals surface area (Å²) in [6.45, 7) is 0. The van der Waals surface area contributed by atoms with Gasteiger partial charge in [0, 0.05) is 12.4 Å². The van der Waals surface area contributed by atoms with E-state index in [9.17, 15) is 13.2 Å². The monoisotopic (exact) mass is 251 g/mol. The predicted octanol–water partition coefficient (Wildman–Crippen LogP) is 3.25. The number of rotatable bonds is 2. The van der Waals surface area contributed by atoms with Gasteiger partial charge in [0.15, 0.2) is 0 Å². The first-order valence-corrected chi connectivity index (χ1v) is 5.02. The lowest BCUT2D eigenvalue weighted by Gasteiger charge is -2.12. The average Bonchev–Trinajstić information content (AvgIpc) is 2.81. The molecule has 1 N–H and O–H groups in total. The van der Waals surface area contributed by atoms with E-state index in [-0.39, 0.29) is 5.56 Å². The molecule has 1 aromatic heterocycles. The third kappa shape index (κ3) is 2.46. The Kier molecular flexibility index (Phi) is 2.98. The topological polar surface area (TPSA) is 40.8 Å². The van der Waals surface area contributed by atoms with Crippen molar-refractivity contribution in [2.24, 2.45) is 0 Å². The van der Waals surface area contributed by atoms with Crippen molar-refractivity contribution in [3.63, 3.8) is 0 Å². The third-order valence-electron chi connectivity index (χ3n) is 2.32. The number of nitrogens with zero attached hydrogens (tertiary/aromatic N) is 2. The van der Waals surface area contributed by atoms with E-state index >= 15 is 0 Å². The van der Waals surface area contributed by atoms with E-state index in [1.165, 1.54) is 6.07 Å². The first-order valence-electron chi connectivity index (χ1n) is 5.02. The maximum Gasteiger partial charge on any atom is 0.416 e. The molecule has 3 nitrogen and oxygen atoms in total. The van der Waals surface area contributed by atoms with Crippen LogP contribution < -0.4 is 5.43 Å². The number of nitriles is 1. The molecular weight excluding hydrogens is 243 g/mol. The highest BCUT2D eigenvalue weighted by Crippen LogP contribution is 2.31. The number of hydrogen-bond acceptors (Lipinski definition) is 2. The van der Waals surface area contributed by atoms with Crippen LogP contribution >= 0.6 is 0 Å². The van der Waals surface area contributed by atoms with Crippen LogP contribution in [0.5, 0.6) is 0 Å². The second-order valence-electron chi connectivity index (χ2n) is 3.57. The first-order chi connectivity index (χ1) is 8.50. The minimum Gasteiger partial charge on any atom is -0.294 e. The van der Waals surface area contributed by atoms with Gasteiger partial charge in [0.25, 0.3) is 0 Å². The van der Waals surface area contributed by atoms with E-state index in [1.807, 2.05) is 0 Å². The largest absolute Gasteiger partial charge is 0.416 e. The van der Waals surface area contributed by atoms with Crippen LogP contribution in [0, 0.1) is 11.3 Å². The zero-order valence-corrected chi connectivity index (χ0v) is 9.07. The van der Waals surface area contributed by atoms with Gasteiger partial charge >= 0.3 is 6.18 Å². The Hall–Kier alpha value is -2.42. The summed E-state index contributed by atoms with van der Waals surface area (Å²) in [5.74, 6) is 0. The predicted molar refractivity (Wildman–Crippen MR) is 59.6 cm³/mol. The molecule has 0 aliphatic rings. The zero-order valence-electron chi connectivity index (χ0n) is 9.07. The van der Waals surface area contributed by atoms with Gasteiger partial charge in [-0.15, -0.1) is 0 Å². The molecule has 0 saturated heterocycles. The Morgan fingerprint density at radius 3 is 2.39 bits per heavy atom. The van der Waals surface area contributed by atoms with E-state index in [1.54, 1.807) is 35.3 Å². The molecule has 0 bridgehead atoms. The molecule has 0 radical (unpaired) electrons. The van der Waals surface area contributed by atoms with Gasteiger partial charge in [0.2, 0.25) is 0 Å². The first kappa shape index (κ1) is 12.0. The molecule has 0 atom stereocenters. The lowest BCUT2D eigenvalue weighted by molar-refractivity contribution is -0.137. The molecule has 0 amide bonds. The van der Waals surface area contributed by atoms with Crippen LogP contribution in [-0.2, 0) is 6.18 Å². The molecule has 1 aromatic carbocycles. The van der Waals surface area contributed by atoms with E-state index in [2.05, 4.69) is 5.43 Å². The molecule has 0 unspecified atom stereocenters. The second-order valence-corrected chi connectivity index (χ2v) is 3.57. The van der Waals surface area contributed by atoms with E-state index < -0.39 is 11.7 Å². The van der Waals surface area contributed by atoms with E-state index in [4.69, 9.17) is 5.26 Å². The molecular formula is C12H8F3N3. The Balaban J connectivity index is 2.36. The molecule has 2 rings (SSSR count). The molecule has 0 aliphatic carbocycles. The van der Waals surface area contributed by atoms with Crippen LogP contribution in [0.4, 0.5) is 18.9 Å². The molecule has 2 aromatic rings. The average molecular weight is 251 g/mol. The van der Waals surface area contributed by atoms with Crippen molar-refractivity contribution in [1.29, 1.82) is 5.26 Å². The van der Waals surface area contributed by atoms with Crippen LogP contribution in [0.1, 0.15) is 11.1 Å². The molecule has 0 aliphatic heterocycles. The summed E-state index contributed by atoms with van der Waals surface area (Å²) in [4.78, 5) is 0. The highest BCUT2D eigenvalue weighted by atomic mass is 19.4. The Labute approximate surface area is 101 Å². The SMILES string of the molecule is N#Cc1cc(C(F)(F)F)ccc1Nn1cccc1. The number of alkyl halides is 3. The van der Waals surface area contributed by atoms with Crippen LogP contribution in [0.3, 0.4) is 0 Å². The summed E-state index contributed by atoms with van der Waals surface area (Å²) in [6, 6.07) is 8.25. The fourth-order valence-electron chi connectivity index (χ4n) is 1.46. The van der Waals surface area contributed by atoms with Gasteiger partial charge in [-0.1, -0.05) is 0 Å². The van der Waals surface area contributed by atoms with Crippen molar-refractivity contribution in [2.45, 2.75) is 6.18 Å². The fraction of sp³-hybridized carbons (Fsp3) is 0.0833. The molecule has 18 heavy (non-hydrogen) atoms. The van der Waals surface area contributed by atoms with Gasteiger partial charge in [-0.3, -0.25) is 10.1 Å². The maximum absolute atomic E-state index is 12.5. The molecule has 1 heterocycles. The molecule has 0 spiro atoms. The maximum atomic E-state index is 12.5. The van der Waals surface area contributed by atoms with Gasteiger partial charge < -0.3 is 0 Å². The number of nitrogens with one attached hydrogen (secondary N) is 1. The van der Waals surface area contributed by atoms with Crippen LogP contribution in [0.2, 0.25) is 0 Å². The van der Waals surface area contributed by atoms with Crippen molar-refractivity contribution in [3.8, 4) is 6.07 Å². The summed E-state index contributed by atoms with van der Waals surface area (Å²) < 4.78 is 39.0. The molecule has 6 heteroatoms. The number of benzene rings is 1. The number of halogens is 3. The molecule has 0 saturated carbocycles. The Morgan fingerprint density at radius 2 is 1.83 bits per heavy atom. The Morgan fingerprint density at radius 1 is 1.17 bits per heavy atom. The third-order valence-corrected chi connectivity index (χ3v) is 2.32. The Bertz CT molecular complexity index is 580. The van der Waals surface area contributed by atoms with Crippen LogP contribution in [-0.4, -0.2) is 4.68 Å². The fourth-order valence-corrected chi connectivity index (χ4v) is 1.46. The lowest BCUT2D eigenvalue weighted by Crippen LogP contribution is -2.10. The highest BCUT2D eigenvalue weighted by molar-refractivity contribution is 5.58. The molecule has 0 fully saturated rings. The van der Waals surface area contributed by atoms with Crippen LogP contribution in [0.15, 0.2) is 42.7 Å². The minimum absolute atomic E-state index is 0.0569. The summed E-state index contributed by atoms with van der Waals surface area (Å²) in [7, 11) is 0. The number of hydrogen-bond donors (Lipinski definition) is 1. The van der Waals surface area contributed by atoms with Crippen molar-refractivity contribution in [3.05, 3.63) is 53.9 Å². The standard InChI is InChI=1S/C12H8F3N3/c13-12(14,15)10-3-4-11(9(7-10)8-16)17-18-5-1-2-6-18/h1-7,17H. The second kappa shape index (κ2) is 4.45. The van der Waals surface area contributed by atoms with Gasteiger partial charge in [0.1, 0.15) is 6.07 Å². The van der Waals surface area contributed by atoms with E-state index in [0.29, 0.717) is 5.69 Å². The van der Waals surface area contributed by atoms with Gasteiger partial charge in [0.05, 0.1) is 16.8 Å². The van der Waals surface area contributed by atoms with Crippen molar-refractivity contribution in [1.82, 2.24) is 4.68 Å². The van der Waals surface area contributed by atoms with Gasteiger partial charge in [-0.25, -0.2) is 0 Å². The zero-order chi connectivity index (χ0) is 13.2. The normalized spacial score (nSPS) is 11.0. The summed E-state index contributed by atoms with van der Waals surface area (Å²) in [5.41, 5.74) is 2.24. The number of anilines is 1. The highest BCUT2D eigenvalue weighted by Gasteiger charge is 2.31. The van der Waals surface area contributed by atoms with Gasteiger partial charge in [-0.2, -0.15) is 18.4 Å². The molecule has 92 valence electrons. The quantitative estimate of drug-likeness (QED) is 0.890. The van der Waals surface area contributed by atoms with E-state index in [0.717, 1.165) is 12.1 Å². The van der Waals surface area contributed by atoms with Gasteiger partial charge in [-0.05, 0) is 30.3 Å². The van der Waals surface area contributed by atoms with Crippen molar-refractivity contribution >= 4 is 5.69 Å². The van der Waals surface area contributed by atoms with Crippen molar-refractivity contribution < 1.29 is 13.2 Å². The lowest BCUT2D eigenvalue weighted by atomic mass is 10.1. The summed E-state index contributed by atoms with van der Waals surface area (Å²) in [5, 5.41) is 8.87. The minimum atomic E-state index is -4.45. The number of aromatic nitrogens is 1.